The summed E-state index contributed by atoms with van der Waals surface area (Å²) in [6.45, 7) is 8.29. The summed E-state index contributed by atoms with van der Waals surface area (Å²) in [5.41, 5.74) is 4.12. The molecule has 1 amide bonds. The smallest absolute Gasteiger partial charge is 0.248 e. The van der Waals surface area contributed by atoms with Gasteiger partial charge in [-0.2, -0.15) is 0 Å². The molecule has 6 nitrogen and oxygen atoms in total. The number of anilines is 1. The molecule has 0 aliphatic rings. The van der Waals surface area contributed by atoms with Gasteiger partial charge in [0.25, 0.3) is 0 Å². The lowest BCUT2D eigenvalue weighted by Gasteiger charge is -2.12. The number of benzene rings is 2. The maximum atomic E-state index is 12.6. The molecule has 3 rings (SSSR count). The molecule has 3 aromatic rings. The Balaban J connectivity index is 1.92. The van der Waals surface area contributed by atoms with Crippen LogP contribution in [0.5, 0.6) is 17.2 Å². The van der Waals surface area contributed by atoms with Crippen molar-refractivity contribution >= 4 is 28.1 Å². The number of nitrogens with one attached hydrogen (secondary N) is 1. The van der Waals surface area contributed by atoms with E-state index in [0.717, 1.165) is 33.4 Å². The van der Waals surface area contributed by atoms with E-state index in [2.05, 4.69) is 5.32 Å². The van der Waals surface area contributed by atoms with Gasteiger partial charge in [-0.05, 0) is 57.0 Å². The maximum absolute atomic E-state index is 12.6. The number of amides is 1. The zero-order valence-electron chi connectivity index (χ0n) is 18.2. The minimum Gasteiger partial charge on any atom is -0.493 e. The summed E-state index contributed by atoms with van der Waals surface area (Å²) in [7, 11) is 3.12. The Morgan fingerprint density at radius 3 is 2.47 bits per heavy atom. The number of aryl methyl sites for hydroxylation is 2. The Bertz CT molecular complexity index is 1110. The van der Waals surface area contributed by atoms with Gasteiger partial charge in [-0.15, -0.1) is 0 Å². The van der Waals surface area contributed by atoms with Gasteiger partial charge in [0.2, 0.25) is 5.91 Å². The van der Waals surface area contributed by atoms with E-state index in [-0.39, 0.29) is 5.91 Å². The topological polar surface area (TPSA) is 69.9 Å². The van der Waals surface area contributed by atoms with Crippen LogP contribution in [0, 0.1) is 13.8 Å². The molecule has 30 heavy (non-hydrogen) atoms. The van der Waals surface area contributed by atoms with Crippen molar-refractivity contribution in [2.45, 2.75) is 27.7 Å². The fourth-order valence-corrected chi connectivity index (χ4v) is 3.32. The molecule has 0 spiro atoms. The van der Waals surface area contributed by atoms with Gasteiger partial charge in [0.15, 0.2) is 11.5 Å². The van der Waals surface area contributed by atoms with Gasteiger partial charge >= 0.3 is 0 Å². The second kappa shape index (κ2) is 8.95. The number of hydrogen-bond donors (Lipinski definition) is 1. The van der Waals surface area contributed by atoms with E-state index in [9.17, 15) is 4.79 Å². The molecule has 0 aliphatic heterocycles. The third kappa shape index (κ3) is 4.27. The highest BCUT2D eigenvalue weighted by Crippen LogP contribution is 2.35. The highest BCUT2D eigenvalue weighted by molar-refractivity contribution is 6.04. The molecule has 1 heterocycles. The lowest BCUT2D eigenvalue weighted by Crippen LogP contribution is -2.09. The summed E-state index contributed by atoms with van der Waals surface area (Å²) in [4.78, 5) is 12.6. The molecule has 0 fully saturated rings. The fourth-order valence-electron chi connectivity index (χ4n) is 3.32. The van der Waals surface area contributed by atoms with Gasteiger partial charge in [-0.25, -0.2) is 0 Å². The normalized spacial score (nSPS) is 11.5. The minimum atomic E-state index is -0.248. The quantitative estimate of drug-likeness (QED) is 0.521. The SMILES string of the molecule is CCOc1cc2oc(C)c(C)c2cc1/C(C)=C/C(=O)Nc1ccc(OC)c(OC)c1. The van der Waals surface area contributed by atoms with E-state index in [4.69, 9.17) is 18.6 Å². The van der Waals surface area contributed by atoms with E-state index >= 15 is 0 Å². The summed E-state index contributed by atoms with van der Waals surface area (Å²) in [5, 5.41) is 3.88. The van der Waals surface area contributed by atoms with Crippen LogP contribution in [-0.4, -0.2) is 26.7 Å². The molecular weight excluding hydrogens is 382 g/mol. The standard InChI is InChI=1S/C24H27NO5/c1-7-29-21-13-22-19(15(3)16(4)30-22)12-18(21)14(2)10-24(26)25-17-8-9-20(27-5)23(11-17)28-6/h8-13H,7H2,1-6H3,(H,25,26)/b14-10+. The molecule has 1 N–H and O–H groups in total. The van der Waals surface area contributed by atoms with Gasteiger partial charge in [-0.1, -0.05) is 0 Å². The average molecular weight is 409 g/mol. The number of furan rings is 1. The van der Waals surface area contributed by atoms with Crippen molar-refractivity contribution in [2.75, 3.05) is 26.1 Å². The monoisotopic (exact) mass is 409 g/mol. The van der Waals surface area contributed by atoms with Crippen LogP contribution in [-0.2, 0) is 4.79 Å². The molecule has 0 radical (unpaired) electrons. The second-order valence-electron chi connectivity index (χ2n) is 6.95. The third-order valence-corrected chi connectivity index (χ3v) is 5.00. The van der Waals surface area contributed by atoms with Crippen molar-refractivity contribution in [3.8, 4) is 17.2 Å². The molecule has 0 atom stereocenters. The van der Waals surface area contributed by atoms with Crippen molar-refractivity contribution in [1.82, 2.24) is 0 Å². The first-order valence-corrected chi connectivity index (χ1v) is 9.76. The third-order valence-electron chi connectivity index (χ3n) is 5.00. The highest BCUT2D eigenvalue weighted by atomic mass is 16.5. The Labute approximate surface area is 176 Å². The second-order valence-corrected chi connectivity index (χ2v) is 6.95. The number of fused-ring (bicyclic) bond motifs is 1. The summed E-state index contributed by atoms with van der Waals surface area (Å²) >= 11 is 0. The first-order chi connectivity index (χ1) is 14.4. The molecule has 0 unspecified atom stereocenters. The zero-order chi connectivity index (χ0) is 21.8. The number of carbonyl (C=O) groups excluding carboxylic acids is 1. The number of rotatable bonds is 7. The zero-order valence-corrected chi connectivity index (χ0v) is 18.2. The van der Waals surface area contributed by atoms with Crippen LogP contribution in [0.3, 0.4) is 0 Å². The lowest BCUT2D eigenvalue weighted by molar-refractivity contribution is -0.111. The molecule has 0 saturated heterocycles. The predicted molar refractivity (Wildman–Crippen MR) is 119 cm³/mol. The Kier molecular flexibility index (Phi) is 6.35. The highest BCUT2D eigenvalue weighted by Gasteiger charge is 2.15. The van der Waals surface area contributed by atoms with Crippen LogP contribution in [0.2, 0.25) is 0 Å². The Hall–Kier alpha value is -3.41. The van der Waals surface area contributed by atoms with E-state index in [1.807, 2.05) is 39.8 Å². The molecular formula is C24H27NO5. The average Bonchev–Trinajstić information content (AvgIpc) is 3.00. The molecule has 6 heteroatoms. The minimum absolute atomic E-state index is 0.248. The summed E-state index contributed by atoms with van der Waals surface area (Å²) in [6, 6.07) is 9.13. The van der Waals surface area contributed by atoms with Gasteiger partial charge in [0, 0.05) is 34.8 Å². The maximum Gasteiger partial charge on any atom is 0.248 e. The van der Waals surface area contributed by atoms with Crippen LogP contribution >= 0.6 is 0 Å². The van der Waals surface area contributed by atoms with Crippen molar-refractivity contribution in [1.29, 1.82) is 0 Å². The number of ether oxygens (including phenoxy) is 3. The molecule has 0 saturated carbocycles. The Morgan fingerprint density at radius 1 is 1.07 bits per heavy atom. The van der Waals surface area contributed by atoms with E-state index in [1.54, 1.807) is 38.5 Å². The van der Waals surface area contributed by atoms with Crippen LogP contribution in [0.25, 0.3) is 16.5 Å². The first kappa shape index (κ1) is 21.3. The molecule has 158 valence electrons. The van der Waals surface area contributed by atoms with E-state index < -0.39 is 0 Å². The van der Waals surface area contributed by atoms with Crippen molar-refractivity contribution in [3.63, 3.8) is 0 Å². The number of hydrogen-bond acceptors (Lipinski definition) is 5. The fraction of sp³-hybridized carbons (Fsp3) is 0.292. The van der Waals surface area contributed by atoms with Gasteiger partial charge < -0.3 is 23.9 Å². The molecule has 0 aliphatic carbocycles. The van der Waals surface area contributed by atoms with Gasteiger partial charge in [0.05, 0.1) is 20.8 Å². The number of allylic oxidation sites excluding steroid dienone is 1. The van der Waals surface area contributed by atoms with Crippen molar-refractivity contribution < 1.29 is 23.4 Å². The summed E-state index contributed by atoms with van der Waals surface area (Å²) in [6.07, 6.45) is 1.56. The molecule has 2 aromatic carbocycles. The largest absolute Gasteiger partial charge is 0.493 e. The van der Waals surface area contributed by atoms with Crippen LogP contribution in [0.4, 0.5) is 5.69 Å². The first-order valence-electron chi connectivity index (χ1n) is 9.76. The number of methoxy groups -OCH3 is 2. The Morgan fingerprint density at radius 2 is 1.80 bits per heavy atom. The molecule has 1 aromatic heterocycles. The molecule has 0 bridgehead atoms. The van der Waals surface area contributed by atoms with Gasteiger partial charge in [-0.3, -0.25) is 4.79 Å². The number of carbonyl (C=O) groups is 1. The van der Waals surface area contributed by atoms with Crippen molar-refractivity contribution in [3.05, 3.63) is 53.3 Å². The van der Waals surface area contributed by atoms with Gasteiger partial charge in [0.1, 0.15) is 17.1 Å². The van der Waals surface area contributed by atoms with Crippen LogP contribution < -0.4 is 19.5 Å². The van der Waals surface area contributed by atoms with Crippen LogP contribution in [0.15, 0.2) is 40.8 Å². The van der Waals surface area contributed by atoms with E-state index in [1.165, 1.54) is 0 Å². The van der Waals surface area contributed by atoms with Crippen molar-refractivity contribution in [2.24, 2.45) is 0 Å². The summed E-state index contributed by atoms with van der Waals surface area (Å²) in [5.74, 6) is 2.46. The van der Waals surface area contributed by atoms with E-state index in [0.29, 0.717) is 29.5 Å². The van der Waals surface area contributed by atoms with Crippen LogP contribution in [0.1, 0.15) is 30.7 Å². The lowest BCUT2D eigenvalue weighted by atomic mass is 10.0. The summed E-state index contributed by atoms with van der Waals surface area (Å²) < 4.78 is 22.1. The predicted octanol–water partition coefficient (Wildman–Crippen LogP) is 5.51.